The van der Waals surface area contributed by atoms with Crippen molar-refractivity contribution in [2.45, 2.75) is 6.92 Å². The van der Waals surface area contributed by atoms with Gasteiger partial charge in [0.2, 0.25) is 0 Å². The van der Waals surface area contributed by atoms with Gasteiger partial charge < -0.3 is 14.6 Å². The number of anilines is 1. The first kappa shape index (κ1) is 17.3. The SMILES string of the molecule is COc1c(Cl)ccc(Cl)c1C(=O)Nc1cccc(-c2nc(C)no2)c1. The van der Waals surface area contributed by atoms with Crippen LogP contribution in [0.1, 0.15) is 16.2 Å². The average molecular weight is 378 g/mol. The molecule has 3 aromatic rings. The molecule has 1 aromatic heterocycles. The summed E-state index contributed by atoms with van der Waals surface area (Å²) in [6.07, 6.45) is 0. The van der Waals surface area contributed by atoms with Crippen LogP contribution in [0.15, 0.2) is 40.9 Å². The second-order valence-corrected chi connectivity index (χ2v) is 5.93. The van der Waals surface area contributed by atoms with Crippen LogP contribution < -0.4 is 10.1 Å². The van der Waals surface area contributed by atoms with Gasteiger partial charge in [-0.05, 0) is 37.3 Å². The molecule has 0 aliphatic rings. The minimum absolute atomic E-state index is 0.163. The van der Waals surface area contributed by atoms with Crippen molar-refractivity contribution in [1.82, 2.24) is 10.1 Å². The second kappa shape index (κ2) is 7.13. The fourth-order valence-corrected chi connectivity index (χ4v) is 2.75. The number of amides is 1. The van der Waals surface area contributed by atoms with E-state index in [1.807, 2.05) is 0 Å². The van der Waals surface area contributed by atoms with E-state index in [2.05, 4.69) is 15.5 Å². The van der Waals surface area contributed by atoms with Gasteiger partial charge >= 0.3 is 0 Å². The van der Waals surface area contributed by atoms with Crippen LogP contribution in [0.4, 0.5) is 5.69 Å². The van der Waals surface area contributed by atoms with Crippen molar-refractivity contribution < 1.29 is 14.1 Å². The Labute approximate surface area is 153 Å². The number of carbonyl (C=O) groups is 1. The third-order valence-corrected chi connectivity index (χ3v) is 4.00. The number of nitrogens with zero attached hydrogens (tertiary/aromatic N) is 2. The Bertz CT molecular complexity index is 941. The lowest BCUT2D eigenvalue weighted by molar-refractivity contribution is 0.102. The summed E-state index contributed by atoms with van der Waals surface area (Å²) in [4.78, 5) is 16.8. The molecule has 0 aliphatic carbocycles. The molecule has 0 spiro atoms. The minimum Gasteiger partial charge on any atom is -0.494 e. The quantitative estimate of drug-likeness (QED) is 0.717. The molecule has 8 heteroatoms. The molecule has 0 radical (unpaired) electrons. The molecule has 0 fully saturated rings. The molecule has 2 aromatic carbocycles. The molecule has 0 saturated carbocycles. The number of carbonyl (C=O) groups excluding carboxylic acids is 1. The van der Waals surface area contributed by atoms with E-state index in [4.69, 9.17) is 32.5 Å². The van der Waals surface area contributed by atoms with Gasteiger partial charge in [-0.1, -0.05) is 34.4 Å². The van der Waals surface area contributed by atoms with Crippen molar-refractivity contribution in [1.29, 1.82) is 0 Å². The number of aromatic nitrogens is 2. The molecular formula is C17H13Cl2N3O3. The van der Waals surface area contributed by atoms with Gasteiger partial charge in [0.05, 0.1) is 17.2 Å². The summed E-state index contributed by atoms with van der Waals surface area (Å²) in [6, 6.07) is 10.1. The van der Waals surface area contributed by atoms with E-state index in [1.165, 1.54) is 7.11 Å². The fourth-order valence-electron chi connectivity index (χ4n) is 2.28. The smallest absolute Gasteiger partial charge is 0.261 e. The van der Waals surface area contributed by atoms with Gasteiger partial charge in [-0.25, -0.2) is 0 Å². The van der Waals surface area contributed by atoms with Crippen LogP contribution >= 0.6 is 23.2 Å². The predicted octanol–water partition coefficient (Wildman–Crippen LogP) is 4.61. The van der Waals surface area contributed by atoms with Crippen molar-refractivity contribution in [2.75, 3.05) is 12.4 Å². The highest BCUT2D eigenvalue weighted by molar-refractivity contribution is 6.37. The van der Waals surface area contributed by atoms with Gasteiger partial charge in [0.15, 0.2) is 11.6 Å². The molecule has 0 saturated heterocycles. The molecule has 0 atom stereocenters. The van der Waals surface area contributed by atoms with Crippen molar-refractivity contribution >= 4 is 34.8 Å². The molecule has 1 amide bonds. The van der Waals surface area contributed by atoms with Crippen LogP contribution in [0.5, 0.6) is 5.75 Å². The summed E-state index contributed by atoms with van der Waals surface area (Å²) >= 11 is 12.2. The maximum Gasteiger partial charge on any atom is 0.261 e. The van der Waals surface area contributed by atoms with Crippen molar-refractivity contribution in [3.05, 3.63) is 57.8 Å². The first-order valence-electron chi connectivity index (χ1n) is 7.23. The highest BCUT2D eigenvalue weighted by atomic mass is 35.5. The lowest BCUT2D eigenvalue weighted by atomic mass is 10.1. The lowest BCUT2D eigenvalue weighted by Crippen LogP contribution is -2.14. The molecule has 0 bridgehead atoms. The standard InChI is InChI=1S/C17H13Cl2N3O3/c1-9-20-17(25-22-9)10-4-3-5-11(8-10)21-16(23)14-12(18)6-7-13(19)15(14)24-2/h3-8H,1-2H3,(H,21,23). The number of halogens is 2. The third kappa shape index (κ3) is 3.60. The highest BCUT2D eigenvalue weighted by Gasteiger charge is 2.20. The molecule has 3 rings (SSSR count). The van der Waals surface area contributed by atoms with E-state index in [-0.39, 0.29) is 16.3 Å². The zero-order valence-electron chi connectivity index (χ0n) is 13.3. The van der Waals surface area contributed by atoms with Crippen LogP contribution in [0.2, 0.25) is 10.0 Å². The number of ether oxygens (including phenoxy) is 1. The molecule has 128 valence electrons. The number of benzene rings is 2. The summed E-state index contributed by atoms with van der Waals surface area (Å²) in [6.45, 7) is 1.73. The van der Waals surface area contributed by atoms with Crippen LogP contribution in [-0.2, 0) is 0 Å². The third-order valence-electron chi connectivity index (χ3n) is 3.38. The lowest BCUT2D eigenvalue weighted by Gasteiger charge is -2.12. The number of rotatable bonds is 4. The number of methoxy groups -OCH3 is 1. The maximum absolute atomic E-state index is 12.6. The average Bonchev–Trinajstić information content (AvgIpc) is 3.03. The summed E-state index contributed by atoms with van der Waals surface area (Å²) in [5.41, 5.74) is 1.38. The monoisotopic (exact) mass is 377 g/mol. The minimum atomic E-state index is -0.441. The molecule has 6 nitrogen and oxygen atoms in total. The summed E-state index contributed by atoms with van der Waals surface area (Å²) in [7, 11) is 1.42. The number of aryl methyl sites for hydroxylation is 1. The predicted molar refractivity (Wildman–Crippen MR) is 95.4 cm³/mol. The number of hydrogen-bond acceptors (Lipinski definition) is 5. The first-order valence-corrected chi connectivity index (χ1v) is 7.99. The molecule has 0 unspecified atom stereocenters. The maximum atomic E-state index is 12.6. The van der Waals surface area contributed by atoms with Gasteiger partial charge in [0.1, 0.15) is 5.56 Å². The van der Waals surface area contributed by atoms with E-state index < -0.39 is 5.91 Å². The van der Waals surface area contributed by atoms with E-state index in [0.29, 0.717) is 28.0 Å². The highest BCUT2D eigenvalue weighted by Crippen LogP contribution is 2.34. The van der Waals surface area contributed by atoms with E-state index in [0.717, 1.165) is 0 Å². The Morgan fingerprint density at radius 3 is 2.64 bits per heavy atom. The number of nitrogens with one attached hydrogen (secondary N) is 1. The summed E-state index contributed by atoms with van der Waals surface area (Å²) in [5, 5.41) is 7.06. The van der Waals surface area contributed by atoms with Gasteiger partial charge in [-0.15, -0.1) is 0 Å². The van der Waals surface area contributed by atoms with E-state index >= 15 is 0 Å². The summed E-state index contributed by atoms with van der Waals surface area (Å²) in [5.74, 6) is 0.672. The molecule has 1 heterocycles. The molecular weight excluding hydrogens is 365 g/mol. The van der Waals surface area contributed by atoms with Crippen LogP contribution in [0, 0.1) is 6.92 Å². The first-order chi connectivity index (χ1) is 12.0. The van der Waals surface area contributed by atoms with Gasteiger partial charge in [-0.2, -0.15) is 4.98 Å². The van der Waals surface area contributed by atoms with Gasteiger partial charge in [0, 0.05) is 11.3 Å². The molecule has 25 heavy (non-hydrogen) atoms. The Hall–Kier alpha value is -2.57. The second-order valence-electron chi connectivity index (χ2n) is 5.12. The van der Waals surface area contributed by atoms with Crippen LogP contribution in [-0.4, -0.2) is 23.2 Å². The van der Waals surface area contributed by atoms with E-state index in [1.54, 1.807) is 43.3 Å². The van der Waals surface area contributed by atoms with Crippen molar-refractivity contribution in [3.8, 4) is 17.2 Å². The zero-order chi connectivity index (χ0) is 18.0. The normalized spacial score (nSPS) is 10.6. The summed E-state index contributed by atoms with van der Waals surface area (Å²) < 4.78 is 10.3. The van der Waals surface area contributed by atoms with Gasteiger partial charge in [0.25, 0.3) is 11.8 Å². The van der Waals surface area contributed by atoms with Crippen LogP contribution in [0.3, 0.4) is 0 Å². The number of hydrogen-bond donors (Lipinski definition) is 1. The Morgan fingerprint density at radius 1 is 1.20 bits per heavy atom. The fraction of sp³-hybridized carbons (Fsp3) is 0.118. The Balaban J connectivity index is 1.91. The largest absolute Gasteiger partial charge is 0.494 e. The van der Waals surface area contributed by atoms with Crippen molar-refractivity contribution in [2.24, 2.45) is 0 Å². The van der Waals surface area contributed by atoms with E-state index in [9.17, 15) is 4.79 Å². The molecule has 0 aliphatic heterocycles. The van der Waals surface area contributed by atoms with Gasteiger partial charge in [-0.3, -0.25) is 4.79 Å². The topological polar surface area (TPSA) is 77.2 Å². The van der Waals surface area contributed by atoms with Crippen molar-refractivity contribution in [3.63, 3.8) is 0 Å². The Morgan fingerprint density at radius 2 is 1.96 bits per heavy atom. The van der Waals surface area contributed by atoms with Crippen LogP contribution in [0.25, 0.3) is 11.5 Å². The Kier molecular flexibility index (Phi) is 4.92. The molecule has 1 N–H and O–H groups in total. The zero-order valence-corrected chi connectivity index (χ0v) is 14.9.